The van der Waals surface area contributed by atoms with Crippen molar-refractivity contribution in [3.05, 3.63) is 29.3 Å². The Morgan fingerprint density at radius 2 is 2.14 bits per heavy atom. The van der Waals surface area contributed by atoms with Crippen LogP contribution in [0.2, 0.25) is 0 Å². The highest BCUT2D eigenvalue weighted by molar-refractivity contribution is 6.31. The smallest absolute Gasteiger partial charge is 0.152 e. The molecule has 1 rings (SSSR count). The summed E-state index contributed by atoms with van der Waals surface area (Å²) in [6.07, 6.45) is 0. The molecule has 0 amide bonds. The topological polar surface area (TPSA) is 26.3 Å². The van der Waals surface area contributed by atoms with Gasteiger partial charge in [-0.3, -0.25) is 4.79 Å². The van der Waals surface area contributed by atoms with Gasteiger partial charge in [-0.25, -0.2) is 0 Å². The zero-order valence-electron chi connectivity index (χ0n) is 8.50. The molecule has 1 unspecified atom stereocenters. The lowest BCUT2D eigenvalue weighted by atomic mass is 10.1. The zero-order valence-corrected chi connectivity index (χ0v) is 9.26. The van der Waals surface area contributed by atoms with Crippen molar-refractivity contribution in [1.82, 2.24) is 0 Å². The number of alkyl halides is 1. The standard InChI is InChI=1S/C11H13ClO2/c1-7-4-5-10(14-3)9(6-7)11(12)8(2)13/h4-6,11H,1-3H3. The molecule has 0 aliphatic rings. The number of ketones is 1. The van der Waals surface area contributed by atoms with Crippen LogP contribution < -0.4 is 4.74 Å². The van der Waals surface area contributed by atoms with Gasteiger partial charge in [-0.1, -0.05) is 17.7 Å². The van der Waals surface area contributed by atoms with E-state index in [0.29, 0.717) is 5.75 Å². The Morgan fingerprint density at radius 1 is 1.50 bits per heavy atom. The molecule has 0 aromatic heterocycles. The van der Waals surface area contributed by atoms with Gasteiger partial charge in [0.25, 0.3) is 0 Å². The first-order chi connectivity index (χ1) is 6.56. The highest BCUT2D eigenvalue weighted by atomic mass is 35.5. The number of hydrogen-bond donors (Lipinski definition) is 0. The molecule has 0 radical (unpaired) electrons. The fourth-order valence-electron chi connectivity index (χ4n) is 1.27. The quantitative estimate of drug-likeness (QED) is 0.721. The van der Waals surface area contributed by atoms with Crippen LogP contribution in [0, 0.1) is 6.92 Å². The second-order valence-electron chi connectivity index (χ2n) is 3.22. The zero-order chi connectivity index (χ0) is 10.7. The molecule has 0 heterocycles. The first-order valence-corrected chi connectivity index (χ1v) is 4.79. The van der Waals surface area contributed by atoms with Crippen LogP contribution in [-0.4, -0.2) is 12.9 Å². The van der Waals surface area contributed by atoms with Gasteiger partial charge in [-0.05, 0) is 19.9 Å². The molecule has 1 atom stereocenters. The van der Waals surface area contributed by atoms with Crippen molar-refractivity contribution in [2.45, 2.75) is 19.2 Å². The van der Waals surface area contributed by atoms with Gasteiger partial charge in [0.05, 0.1) is 7.11 Å². The largest absolute Gasteiger partial charge is 0.496 e. The van der Waals surface area contributed by atoms with Gasteiger partial charge in [-0.2, -0.15) is 0 Å². The fraction of sp³-hybridized carbons (Fsp3) is 0.364. The predicted octanol–water partition coefficient (Wildman–Crippen LogP) is 2.87. The van der Waals surface area contributed by atoms with E-state index in [0.717, 1.165) is 11.1 Å². The summed E-state index contributed by atoms with van der Waals surface area (Å²) < 4.78 is 5.13. The van der Waals surface area contributed by atoms with E-state index in [1.165, 1.54) is 6.92 Å². The van der Waals surface area contributed by atoms with Crippen molar-refractivity contribution in [2.24, 2.45) is 0 Å². The molecule has 1 aromatic carbocycles. The summed E-state index contributed by atoms with van der Waals surface area (Å²) >= 11 is 5.97. The molecule has 0 saturated carbocycles. The number of Topliss-reactive ketones (excluding diaryl/α,β-unsaturated/α-hetero) is 1. The molecule has 1 aromatic rings. The maximum absolute atomic E-state index is 11.1. The lowest BCUT2D eigenvalue weighted by Crippen LogP contribution is -2.04. The minimum atomic E-state index is -0.621. The maximum Gasteiger partial charge on any atom is 0.152 e. The van der Waals surface area contributed by atoms with Gasteiger partial charge in [0.2, 0.25) is 0 Å². The van der Waals surface area contributed by atoms with Gasteiger partial charge in [0.1, 0.15) is 11.1 Å². The van der Waals surface area contributed by atoms with E-state index in [2.05, 4.69) is 0 Å². The van der Waals surface area contributed by atoms with Crippen molar-refractivity contribution in [1.29, 1.82) is 0 Å². The van der Waals surface area contributed by atoms with E-state index in [1.807, 2.05) is 25.1 Å². The van der Waals surface area contributed by atoms with Crippen LogP contribution in [0.3, 0.4) is 0 Å². The Hall–Kier alpha value is -1.02. The number of halogens is 1. The van der Waals surface area contributed by atoms with Crippen LogP contribution in [0.4, 0.5) is 0 Å². The Morgan fingerprint density at radius 3 is 2.64 bits per heavy atom. The van der Waals surface area contributed by atoms with Crippen LogP contribution in [0.5, 0.6) is 5.75 Å². The van der Waals surface area contributed by atoms with E-state index < -0.39 is 5.38 Å². The average molecular weight is 213 g/mol. The lowest BCUT2D eigenvalue weighted by molar-refractivity contribution is -0.116. The number of aryl methyl sites for hydroxylation is 1. The minimum Gasteiger partial charge on any atom is -0.496 e. The third-order valence-corrected chi connectivity index (χ3v) is 2.56. The number of methoxy groups -OCH3 is 1. The predicted molar refractivity (Wildman–Crippen MR) is 57.0 cm³/mol. The van der Waals surface area contributed by atoms with Crippen molar-refractivity contribution >= 4 is 17.4 Å². The molecule has 0 N–H and O–H groups in total. The number of carbonyl (C=O) groups is 1. The maximum atomic E-state index is 11.1. The first kappa shape index (κ1) is 11.1. The molecular formula is C11H13ClO2. The third-order valence-electron chi connectivity index (χ3n) is 2.02. The Labute approximate surface area is 88.8 Å². The monoisotopic (exact) mass is 212 g/mol. The van der Waals surface area contributed by atoms with Crippen LogP contribution in [0.1, 0.15) is 23.4 Å². The second-order valence-corrected chi connectivity index (χ2v) is 3.66. The van der Waals surface area contributed by atoms with Crippen LogP contribution >= 0.6 is 11.6 Å². The van der Waals surface area contributed by atoms with E-state index in [4.69, 9.17) is 16.3 Å². The molecule has 0 bridgehead atoms. The highest BCUT2D eigenvalue weighted by Gasteiger charge is 2.17. The van der Waals surface area contributed by atoms with Crippen molar-refractivity contribution in [2.75, 3.05) is 7.11 Å². The average Bonchev–Trinajstić information content (AvgIpc) is 2.16. The summed E-state index contributed by atoms with van der Waals surface area (Å²) in [5.41, 5.74) is 1.80. The lowest BCUT2D eigenvalue weighted by Gasteiger charge is -2.12. The molecule has 0 saturated heterocycles. The summed E-state index contributed by atoms with van der Waals surface area (Å²) in [5.74, 6) is 0.585. The Balaban J connectivity index is 3.16. The summed E-state index contributed by atoms with van der Waals surface area (Å²) in [6.45, 7) is 3.42. The van der Waals surface area contributed by atoms with Crippen molar-refractivity contribution in [3.8, 4) is 5.75 Å². The molecule has 0 fully saturated rings. The molecule has 0 spiro atoms. The molecule has 0 aliphatic heterocycles. The Kier molecular flexibility index (Phi) is 3.53. The van der Waals surface area contributed by atoms with Gasteiger partial charge in [-0.15, -0.1) is 11.6 Å². The van der Waals surface area contributed by atoms with Gasteiger partial charge >= 0.3 is 0 Å². The molecule has 0 aliphatic carbocycles. The van der Waals surface area contributed by atoms with Crippen LogP contribution in [0.25, 0.3) is 0 Å². The molecule has 3 heteroatoms. The van der Waals surface area contributed by atoms with E-state index in [-0.39, 0.29) is 5.78 Å². The Bertz CT molecular complexity index is 347. The van der Waals surface area contributed by atoms with E-state index in [1.54, 1.807) is 7.11 Å². The number of rotatable bonds is 3. The number of ether oxygens (including phenoxy) is 1. The summed E-state index contributed by atoms with van der Waals surface area (Å²) in [6, 6.07) is 5.62. The van der Waals surface area contributed by atoms with Crippen molar-refractivity contribution < 1.29 is 9.53 Å². The van der Waals surface area contributed by atoms with E-state index in [9.17, 15) is 4.79 Å². The molecular weight excluding hydrogens is 200 g/mol. The van der Waals surface area contributed by atoms with Crippen molar-refractivity contribution in [3.63, 3.8) is 0 Å². The number of benzene rings is 1. The van der Waals surface area contributed by atoms with Crippen LogP contribution in [-0.2, 0) is 4.79 Å². The molecule has 76 valence electrons. The van der Waals surface area contributed by atoms with Crippen LogP contribution in [0.15, 0.2) is 18.2 Å². The minimum absolute atomic E-state index is 0.0735. The van der Waals surface area contributed by atoms with Gasteiger partial charge < -0.3 is 4.74 Å². The summed E-state index contributed by atoms with van der Waals surface area (Å²) in [5, 5.41) is -0.621. The number of hydrogen-bond acceptors (Lipinski definition) is 2. The van der Waals surface area contributed by atoms with Gasteiger partial charge in [0.15, 0.2) is 5.78 Å². The van der Waals surface area contributed by atoms with E-state index >= 15 is 0 Å². The molecule has 14 heavy (non-hydrogen) atoms. The third kappa shape index (κ3) is 2.26. The molecule has 2 nitrogen and oxygen atoms in total. The summed E-state index contributed by atoms with van der Waals surface area (Å²) in [4.78, 5) is 11.1. The summed E-state index contributed by atoms with van der Waals surface area (Å²) in [7, 11) is 1.57. The van der Waals surface area contributed by atoms with Gasteiger partial charge in [0, 0.05) is 5.56 Å². The highest BCUT2D eigenvalue weighted by Crippen LogP contribution is 2.30. The SMILES string of the molecule is COc1ccc(C)cc1C(Cl)C(C)=O. The number of carbonyl (C=O) groups excluding carboxylic acids is 1. The second kappa shape index (κ2) is 4.47. The normalized spacial score (nSPS) is 12.3. The first-order valence-electron chi connectivity index (χ1n) is 4.35. The fourth-order valence-corrected chi connectivity index (χ4v) is 1.44.